The summed E-state index contributed by atoms with van der Waals surface area (Å²) in [5.41, 5.74) is 0.623. The van der Waals surface area contributed by atoms with Crippen LogP contribution >= 0.6 is 15.9 Å². The van der Waals surface area contributed by atoms with E-state index in [2.05, 4.69) is 15.9 Å². The van der Waals surface area contributed by atoms with Crippen molar-refractivity contribution >= 4 is 27.5 Å². The molecule has 2 aliphatic carbocycles. The Bertz CT molecular complexity index is 1430. The summed E-state index contributed by atoms with van der Waals surface area (Å²) >= 11 is 3.16. The number of aromatic hydroxyl groups is 1. The fraction of sp³-hybridized carbons (Fsp3) is 0.273. The summed E-state index contributed by atoms with van der Waals surface area (Å²) < 4.78 is 9.13. The van der Waals surface area contributed by atoms with Crippen LogP contribution in [0.3, 0.4) is 0 Å². The molecule has 164 valence electrons. The lowest BCUT2D eigenvalue weighted by Crippen LogP contribution is -2.40. The number of Topliss-reactive ketones (excluding diaryl/α,β-unsaturated/α-hetero) is 1. The third-order valence-corrected chi connectivity index (χ3v) is 6.92. The molecule has 5 rings (SSSR count). The third kappa shape index (κ3) is 2.68. The smallest absolute Gasteiger partial charge is 0.347 e. The van der Waals surface area contributed by atoms with E-state index in [4.69, 9.17) is 4.74 Å². The highest BCUT2D eigenvalue weighted by molar-refractivity contribution is 9.12. The fourth-order valence-corrected chi connectivity index (χ4v) is 5.28. The number of hydrogen-bond acceptors (Lipinski definition) is 6. The van der Waals surface area contributed by atoms with Gasteiger partial charge >= 0.3 is 11.4 Å². The molecule has 0 radical (unpaired) electrons. The number of rotatable bonds is 2. The second kappa shape index (κ2) is 7.06. The highest BCUT2D eigenvalue weighted by atomic mass is 79.9. The van der Waals surface area contributed by atoms with Crippen LogP contribution in [0.5, 0.6) is 11.5 Å². The molecule has 0 bridgehead atoms. The molecule has 2 heterocycles. The minimum atomic E-state index is -0.775. The first-order chi connectivity index (χ1) is 15.2. The van der Waals surface area contributed by atoms with Gasteiger partial charge < -0.3 is 9.84 Å². The number of allylic oxidation sites excluding steroid dienone is 6. The van der Waals surface area contributed by atoms with E-state index >= 15 is 0 Å². The van der Waals surface area contributed by atoms with Crippen molar-refractivity contribution in [1.29, 1.82) is 0 Å². The maximum atomic E-state index is 13.1. The van der Waals surface area contributed by atoms with Gasteiger partial charge in [-0.15, -0.1) is 0 Å². The zero-order valence-electron chi connectivity index (χ0n) is 17.2. The van der Waals surface area contributed by atoms with Crippen molar-refractivity contribution < 1.29 is 19.4 Å². The Kier molecular flexibility index (Phi) is 4.52. The van der Waals surface area contributed by atoms with Crippen molar-refractivity contribution in [2.75, 3.05) is 7.11 Å². The molecule has 32 heavy (non-hydrogen) atoms. The van der Waals surface area contributed by atoms with E-state index in [0.29, 0.717) is 16.9 Å². The first-order valence-electron chi connectivity index (χ1n) is 9.89. The number of phenols is 1. The number of aromatic nitrogens is 3. The minimum Gasteiger partial charge on any atom is -0.508 e. The Hall–Kier alpha value is -3.40. The van der Waals surface area contributed by atoms with Crippen LogP contribution in [0.15, 0.2) is 61.1 Å². The summed E-state index contributed by atoms with van der Waals surface area (Å²) in [5, 5.41) is 10.7. The third-order valence-electron chi connectivity index (χ3n) is 6.34. The van der Waals surface area contributed by atoms with E-state index in [1.807, 2.05) is 0 Å². The lowest BCUT2D eigenvalue weighted by Gasteiger charge is -2.39. The molecule has 0 saturated carbocycles. The summed E-state index contributed by atoms with van der Waals surface area (Å²) in [6.45, 7) is 0.131. The number of phenolic OH excluding ortho intramolecular Hbond substituents is 1. The van der Waals surface area contributed by atoms with Gasteiger partial charge in [-0.3, -0.25) is 9.59 Å². The minimum absolute atomic E-state index is 0.0681. The quantitative estimate of drug-likeness (QED) is 0.494. The Morgan fingerprint density at radius 3 is 2.62 bits per heavy atom. The molecule has 1 aromatic heterocycles. The van der Waals surface area contributed by atoms with E-state index in [9.17, 15) is 24.3 Å². The average Bonchev–Trinajstić information content (AvgIpc) is 3.00. The van der Waals surface area contributed by atoms with E-state index in [1.54, 1.807) is 18.2 Å². The molecule has 0 amide bonds. The van der Waals surface area contributed by atoms with Crippen molar-refractivity contribution in [3.63, 3.8) is 0 Å². The number of hydrogen-bond donors (Lipinski definition) is 1. The SMILES string of the molecule is COc1ccc(O)c([C@H]2C3=CCn4c(=O)n(C)c(=O)n4[C@@H]3CC3=C2C(=O)C=C(Br)C3=O)c1. The molecule has 0 spiro atoms. The summed E-state index contributed by atoms with van der Waals surface area (Å²) in [5.74, 6) is -1.07. The van der Waals surface area contributed by atoms with Crippen molar-refractivity contribution in [1.82, 2.24) is 13.9 Å². The van der Waals surface area contributed by atoms with Crippen molar-refractivity contribution in [2.45, 2.75) is 24.9 Å². The predicted octanol–water partition coefficient (Wildman–Crippen LogP) is 1.46. The van der Waals surface area contributed by atoms with Gasteiger partial charge in [-0.2, -0.15) is 0 Å². The van der Waals surface area contributed by atoms with Crippen LogP contribution in [0.2, 0.25) is 0 Å². The van der Waals surface area contributed by atoms with Gasteiger partial charge in [0.25, 0.3) is 0 Å². The topological polar surface area (TPSA) is 113 Å². The molecule has 3 aliphatic rings. The normalized spacial score (nSPS) is 22.1. The van der Waals surface area contributed by atoms with Crippen LogP contribution in [-0.2, 0) is 23.2 Å². The van der Waals surface area contributed by atoms with Crippen LogP contribution in [0.4, 0.5) is 0 Å². The number of carbonyl (C=O) groups excluding carboxylic acids is 2. The molecule has 0 saturated heterocycles. The standard InChI is InChI=1S/C22H18BrN3O6/c1-24-21(30)25-6-5-11-15(26(25)22(24)31)8-13-19(17(28)9-14(23)20(13)29)18(11)12-7-10(32-2)3-4-16(12)27/h3-5,7,9,15,18,27H,6,8H2,1-2H3/t15-,18-/m1/s1. The first kappa shape index (κ1) is 20.5. The first-order valence-corrected chi connectivity index (χ1v) is 10.7. The van der Waals surface area contributed by atoms with Gasteiger partial charge in [0.15, 0.2) is 11.6 Å². The molecular formula is C22H18BrN3O6. The Labute approximate surface area is 189 Å². The van der Waals surface area contributed by atoms with Crippen molar-refractivity contribution in [3.8, 4) is 11.5 Å². The van der Waals surface area contributed by atoms with Gasteiger partial charge in [0.2, 0.25) is 0 Å². The van der Waals surface area contributed by atoms with Gasteiger partial charge in [-0.05, 0) is 39.7 Å². The summed E-state index contributed by atoms with van der Waals surface area (Å²) in [4.78, 5) is 51.5. The average molecular weight is 500 g/mol. The largest absolute Gasteiger partial charge is 0.508 e. The molecule has 2 atom stereocenters. The monoisotopic (exact) mass is 499 g/mol. The molecular weight excluding hydrogens is 482 g/mol. The number of benzene rings is 1. The van der Waals surface area contributed by atoms with Crippen molar-refractivity contribution in [2.24, 2.45) is 7.05 Å². The fourth-order valence-electron chi connectivity index (χ4n) is 4.83. The van der Waals surface area contributed by atoms with E-state index in [0.717, 1.165) is 4.57 Å². The van der Waals surface area contributed by atoms with Crippen molar-refractivity contribution in [3.05, 3.63) is 78.1 Å². The Morgan fingerprint density at radius 1 is 1.16 bits per heavy atom. The Morgan fingerprint density at radius 2 is 1.91 bits per heavy atom. The Balaban J connectivity index is 1.81. The van der Waals surface area contributed by atoms with E-state index in [-0.39, 0.29) is 45.9 Å². The van der Waals surface area contributed by atoms with Crippen LogP contribution in [0.25, 0.3) is 0 Å². The lowest BCUT2D eigenvalue weighted by molar-refractivity contribution is -0.115. The number of methoxy groups -OCH3 is 1. The number of nitrogens with zero attached hydrogens (tertiary/aromatic N) is 3. The van der Waals surface area contributed by atoms with Gasteiger partial charge in [-0.25, -0.2) is 23.5 Å². The number of halogens is 1. The molecule has 1 aliphatic heterocycles. The maximum Gasteiger partial charge on any atom is 0.347 e. The van der Waals surface area contributed by atoms with Gasteiger partial charge in [0.1, 0.15) is 11.5 Å². The molecule has 9 nitrogen and oxygen atoms in total. The summed E-state index contributed by atoms with van der Waals surface area (Å²) in [6.07, 6.45) is 3.11. The number of ketones is 2. The summed E-state index contributed by atoms with van der Waals surface area (Å²) in [7, 11) is 2.89. The second-order valence-electron chi connectivity index (χ2n) is 7.91. The van der Waals surface area contributed by atoms with Gasteiger partial charge in [0, 0.05) is 42.2 Å². The predicted molar refractivity (Wildman–Crippen MR) is 117 cm³/mol. The number of carbonyl (C=O) groups is 2. The van der Waals surface area contributed by atoms with Crippen LogP contribution < -0.4 is 16.1 Å². The second-order valence-corrected chi connectivity index (χ2v) is 8.76. The number of ether oxygens (including phenoxy) is 1. The highest BCUT2D eigenvalue weighted by Crippen LogP contribution is 2.51. The molecule has 2 aromatic rings. The molecule has 10 heteroatoms. The van der Waals surface area contributed by atoms with Crippen LogP contribution in [0.1, 0.15) is 23.9 Å². The van der Waals surface area contributed by atoms with Crippen LogP contribution in [0, 0.1) is 0 Å². The maximum absolute atomic E-state index is 13.1. The van der Waals surface area contributed by atoms with E-state index in [1.165, 1.54) is 35.7 Å². The molecule has 0 unspecified atom stereocenters. The van der Waals surface area contributed by atoms with E-state index < -0.39 is 23.3 Å². The van der Waals surface area contributed by atoms with Gasteiger partial charge in [0.05, 0.1) is 24.2 Å². The number of fused-ring (bicyclic) bond motifs is 3. The van der Waals surface area contributed by atoms with Gasteiger partial charge in [-0.1, -0.05) is 6.08 Å². The van der Waals surface area contributed by atoms with Crippen LogP contribution in [-0.4, -0.2) is 37.7 Å². The highest BCUT2D eigenvalue weighted by Gasteiger charge is 2.45. The zero-order chi connectivity index (χ0) is 22.9. The molecule has 0 fully saturated rings. The zero-order valence-corrected chi connectivity index (χ0v) is 18.7. The summed E-state index contributed by atoms with van der Waals surface area (Å²) in [6, 6.07) is 4.02. The molecule has 1 N–H and O–H groups in total. The molecule has 1 aromatic carbocycles. The lowest BCUT2D eigenvalue weighted by atomic mass is 9.68.